The SMILES string of the molecule is COc1ccc(-c2nc(C(=O)N3CCCC3)cs2)cc1OC. The Bertz CT molecular complexity index is 678. The van der Waals surface area contributed by atoms with Gasteiger partial charge in [0.1, 0.15) is 10.7 Å². The van der Waals surface area contributed by atoms with E-state index in [4.69, 9.17) is 9.47 Å². The number of carbonyl (C=O) groups excluding carboxylic acids is 1. The molecule has 1 saturated heterocycles. The van der Waals surface area contributed by atoms with E-state index in [2.05, 4.69) is 4.98 Å². The van der Waals surface area contributed by atoms with Crippen molar-refractivity contribution in [3.8, 4) is 22.1 Å². The molecule has 1 amide bonds. The van der Waals surface area contributed by atoms with Gasteiger partial charge in [0, 0.05) is 24.0 Å². The molecule has 3 rings (SSSR count). The molecule has 0 unspecified atom stereocenters. The van der Waals surface area contributed by atoms with E-state index in [0.29, 0.717) is 17.2 Å². The van der Waals surface area contributed by atoms with Crippen molar-refractivity contribution in [1.82, 2.24) is 9.88 Å². The molecular formula is C16H18N2O3S. The lowest BCUT2D eigenvalue weighted by Gasteiger charge is -2.12. The van der Waals surface area contributed by atoms with Crippen LogP contribution in [0.25, 0.3) is 10.6 Å². The van der Waals surface area contributed by atoms with Crippen LogP contribution in [0.5, 0.6) is 11.5 Å². The van der Waals surface area contributed by atoms with Gasteiger partial charge in [-0.3, -0.25) is 4.79 Å². The van der Waals surface area contributed by atoms with Gasteiger partial charge in [-0.1, -0.05) is 0 Å². The predicted molar refractivity (Wildman–Crippen MR) is 85.8 cm³/mol. The average molecular weight is 318 g/mol. The maximum absolute atomic E-state index is 12.3. The second kappa shape index (κ2) is 6.36. The molecule has 2 heterocycles. The molecule has 1 aliphatic heterocycles. The van der Waals surface area contributed by atoms with Gasteiger partial charge in [-0.25, -0.2) is 4.98 Å². The van der Waals surface area contributed by atoms with Crippen molar-refractivity contribution in [3.05, 3.63) is 29.3 Å². The Morgan fingerprint density at radius 3 is 2.59 bits per heavy atom. The number of rotatable bonds is 4. The van der Waals surface area contributed by atoms with Gasteiger partial charge in [0.25, 0.3) is 5.91 Å². The van der Waals surface area contributed by atoms with Crippen LogP contribution in [-0.4, -0.2) is 43.1 Å². The minimum Gasteiger partial charge on any atom is -0.493 e. The molecule has 0 spiro atoms. The van der Waals surface area contributed by atoms with Crippen LogP contribution in [0.15, 0.2) is 23.6 Å². The molecule has 2 aromatic rings. The van der Waals surface area contributed by atoms with Crippen molar-refractivity contribution in [1.29, 1.82) is 0 Å². The molecule has 0 radical (unpaired) electrons. The van der Waals surface area contributed by atoms with Crippen LogP contribution in [0.1, 0.15) is 23.3 Å². The molecule has 22 heavy (non-hydrogen) atoms. The third-order valence-electron chi connectivity index (χ3n) is 3.75. The first-order valence-electron chi connectivity index (χ1n) is 7.20. The van der Waals surface area contributed by atoms with Crippen LogP contribution in [0.2, 0.25) is 0 Å². The van der Waals surface area contributed by atoms with Gasteiger partial charge < -0.3 is 14.4 Å². The van der Waals surface area contributed by atoms with E-state index in [1.165, 1.54) is 11.3 Å². The lowest BCUT2D eigenvalue weighted by Crippen LogP contribution is -2.27. The standard InChI is InChI=1S/C16H18N2O3S/c1-20-13-6-5-11(9-14(13)21-2)15-17-12(10-22-15)16(19)18-7-3-4-8-18/h5-6,9-10H,3-4,7-8H2,1-2H3. The fourth-order valence-corrected chi connectivity index (χ4v) is 3.35. The summed E-state index contributed by atoms with van der Waals surface area (Å²) >= 11 is 1.47. The summed E-state index contributed by atoms with van der Waals surface area (Å²) in [6.45, 7) is 1.67. The summed E-state index contributed by atoms with van der Waals surface area (Å²) < 4.78 is 10.5. The molecule has 0 aliphatic carbocycles. The fraction of sp³-hybridized carbons (Fsp3) is 0.375. The summed E-state index contributed by atoms with van der Waals surface area (Å²) in [4.78, 5) is 18.7. The molecule has 0 saturated carbocycles. The number of aromatic nitrogens is 1. The first-order valence-corrected chi connectivity index (χ1v) is 8.08. The third-order valence-corrected chi connectivity index (χ3v) is 4.64. The monoisotopic (exact) mass is 318 g/mol. The number of hydrogen-bond donors (Lipinski definition) is 0. The first kappa shape index (κ1) is 14.8. The van der Waals surface area contributed by atoms with Gasteiger partial charge in [0.05, 0.1) is 14.2 Å². The largest absolute Gasteiger partial charge is 0.493 e. The van der Waals surface area contributed by atoms with E-state index in [0.717, 1.165) is 36.5 Å². The molecule has 6 heteroatoms. The van der Waals surface area contributed by atoms with Crippen LogP contribution in [0.3, 0.4) is 0 Å². The quantitative estimate of drug-likeness (QED) is 0.869. The molecule has 0 bridgehead atoms. The maximum Gasteiger partial charge on any atom is 0.273 e. The summed E-state index contributed by atoms with van der Waals surface area (Å²) in [6.07, 6.45) is 2.16. The number of likely N-dealkylation sites (tertiary alicyclic amines) is 1. The van der Waals surface area contributed by atoms with Crippen molar-refractivity contribution in [2.45, 2.75) is 12.8 Å². The zero-order valence-corrected chi connectivity index (χ0v) is 13.5. The molecule has 0 N–H and O–H groups in total. The number of amides is 1. The lowest BCUT2D eigenvalue weighted by atomic mass is 10.2. The fourth-order valence-electron chi connectivity index (χ4n) is 2.56. The Morgan fingerprint density at radius 2 is 1.91 bits per heavy atom. The van der Waals surface area contributed by atoms with E-state index in [9.17, 15) is 4.79 Å². The number of methoxy groups -OCH3 is 2. The number of carbonyl (C=O) groups is 1. The van der Waals surface area contributed by atoms with Gasteiger partial charge in [-0.05, 0) is 31.0 Å². The molecule has 5 nitrogen and oxygen atoms in total. The zero-order chi connectivity index (χ0) is 15.5. The average Bonchev–Trinajstić information content (AvgIpc) is 3.25. The molecule has 1 aromatic carbocycles. The number of hydrogen-bond acceptors (Lipinski definition) is 5. The van der Waals surface area contributed by atoms with E-state index in [-0.39, 0.29) is 5.91 Å². The van der Waals surface area contributed by atoms with E-state index < -0.39 is 0 Å². The molecular weight excluding hydrogens is 300 g/mol. The van der Waals surface area contributed by atoms with Crippen LogP contribution in [0.4, 0.5) is 0 Å². The topological polar surface area (TPSA) is 51.7 Å². The highest BCUT2D eigenvalue weighted by molar-refractivity contribution is 7.13. The van der Waals surface area contributed by atoms with E-state index in [1.807, 2.05) is 28.5 Å². The van der Waals surface area contributed by atoms with Gasteiger partial charge >= 0.3 is 0 Å². The molecule has 0 atom stereocenters. The minimum atomic E-state index is 0.0282. The van der Waals surface area contributed by atoms with Crippen LogP contribution in [-0.2, 0) is 0 Å². The van der Waals surface area contributed by atoms with Crippen molar-refractivity contribution >= 4 is 17.2 Å². The minimum absolute atomic E-state index is 0.0282. The van der Waals surface area contributed by atoms with Crippen LogP contribution in [0, 0.1) is 0 Å². The Morgan fingerprint density at radius 1 is 1.18 bits per heavy atom. The Kier molecular flexibility index (Phi) is 4.29. The van der Waals surface area contributed by atoms with Crippen molar-refractivity contribution in [2.24, 2.45) is 0 Å². The Labute approximate surface area is 133 Å². The highest BCUT2D eigenvalue weighted by Gasteiger charge is 2.22. The summed E-state index contributed by atoms with van der Waals surface area (Å²) in [5.41, 5.74) is 1.44. The Hall–Kier alpha value is -2.08. The van der Waals surface area contributed by atoms with Crippen LogP contribution < -0.4 is 9.47 Å². The molecule has 1 fully saturated rings. The van der Waals surface area contributed by atoms with E-state index >= 15 is 0 Å². The maximum atomic E-state index is 12.3. The summed E-state index contributed by atoms with van der Waals surface area (Å²) in [5, 5.41) is 2.63. The molecule has 1 aliphatic rings. The Balaban J connectivity index is 1.85. The second-order valence-electron chi connectivity index (χ2n) is 5.11. The summed E-state index contributed by atoms with van der Waals surface area (Å²) in [5.74, 6) is 1.36. The van der Waals surface area contributed by atoms with Gasteiger partial charge in [0.2, 0.25) is 0 Å². The smallest absolute Gasteiger partial charge is 0.273 e. The van der Waals surface area contributed by atoms with E-state index in [1.54, 1.807) is 14.2 Å². The van der Waals surface area contributed by atoms with Crippen molar-refractivity contribution < 1.29 is 14.3 Å². The highest BCUT2D eigenvalue weighted by Crippen LogP contribution is 2.33. The van der Waals surface area contributed by atoms with Crippen molar-refractivity contribution in [3.63, 3.8) is 0 Å². The summed E-state index contributed by atoms with van der Waals surface area (Å²) in [6, 6.07) is 5.64. The second-order valence-corrected chi connectivity index (χ2v) is 5.97. The highest BCUT2D eigenvalue weighted by atomic mass is 32.1. The third kappa shape index (κ3) is 2.78. The summed E-state index contributed by atoms with van der Waals surface area (Å²) in [7, 11) is 3.21. The number of nitrogens with zero attached hydrogens (tertiary/aromatic N) is 2. The van der Waals surface area contributed by atoms with Crippen molar-refractivity contribution in [2.75, 3.05) is 27.3 Å². The van der Waals surface area contributed by atoms with Gasteiger partial charge in [0.15, 0.2) is 11.5 Å². The first-order chi connectivity index (χ1) is 10.7. The lowest BCUT2D eigenvalue weighted by molar-refractivity contribution is 0.0788. The normalized spacial score (nSPS) is 14.2. The number of thiazole rings is 1. The molecule has 116 valence electrons. The van der Waals surface area contributed by atoms with Gasteiger partial charge in [-0.15, -0.1) is 11.3 Å². The molecule has 1 aromatic heterocycles. The number of ether oxygens (including phenoxy) is 2. The number of benzene rings is 1. The van der Waals surface area contributed by atoms with Crippen LogP contribution >= 0.6 is 11.3 Å². The predicted octanol–water partition coefficient (Wildman–Crippen LogP) is 3.06. The van der Waals surface area contributed by atoms with Gasteiger partial charge in [-0.2, -0.15) is 0 Å². The zero-order valence-electron chi connectivity index (χ0n) is 12.7.